The minimum Gasteiger partial charge on any atom is -0.436 e. The van der Waals surface area contributed by atoms with Gasteiger partial charge in [-0.1, -0.05) is 27.7 Å². The lowest BCUT2D eigenvalue weighted by Gasteiger charge is -2.13. The average Bonchev–Trinajstić information content (AvgIpc) is 2.81. The highest BCUT2D eigenvalue weighted by Crippen LogP contribution is 2.23. The molecule has 21 heavy (non-hydrogen) atoms. The van der Waals surface area contributed by atoms with Crippen molar-refractivity contribution < 1.29 is 4.74 Å². The summed E-state index contributed by atoms with van der Waals surface area (Å²) in [5, 5.41) is 7.53. The summed E-state index contributed by atoms with van der Waals surface area (Å²) in [6.07, 6.45) is 3.52. The molecule has 0 radical (unpaired) electrons. The van der Waals surface area contributed by atoms with Gasteiger partial charge in [-0.3, -0.25) is 4.68 Å². The molecule has 0 saturated carbocycles. The van der Waals surface area contributed by atoms with Crippen LogP contribution in [0.25, 0.3) is 0 Å². The van der Waals surface area contributed by atoms with E-state index in [2.05, 4.69) is 49.2 Å². The summed E-state index contributed by atoms with van der Waals surface area (Å²) < 4.78 is 7.53. The van der Waals surface area contributed by atoms with Crippen molar-refractivity contribution >= 4 is 0 Å². The molecule has 0 aliphatic heterocycles. The largest absolute Gasteiger partial charge is 0.436 e. The van der Waals surface area contributed by atoms with Gasteiger partial charge in [-0.2, -0.15) is 5.10 Å². The molecule has 0 amide bonds. The van der Waals surface area contributed by atoms with Gasteiger partial charge in [0.15, 0.2) is 5.75 Å². The van der Waals surface area contributed by atoms with E-state index in [0.29, 0.717) is 23.6 Å². The fraction of sp³-hybridized carbons (Fsp3) is 0.500. The van der Waals surface area contributed by atoms with Crippen LogP contribution in [0, 0.1) is 0 Å². The van der Waals surface area contributed by atoms with Crippen LogP contribution in [0.1, 0.15) is 44.9 Å². The number of hydrogen-bond donors (Lipinski definition) is 1. The number of nitrogens with zero attached hydrogens (tertiary/aromatic N) is 3. The Morgan fingerprint density at radius 3 is 2.57 bits per heavy atom. The van der Waals surface area contributed by atoms with Gasteiger partial charge in [0.05, 0.1) is 12.4 Å². The highest BCUT2D eigenvalue weighted by molar-refractivity contribution is 5.30. The second kappa shape index (κ2) is 6.72. The monoisotopic (exact) mass is 288 g/mol. The van der Waals surface area contributed by atoms with Crippen LogP contribution < -0.4 is 10.1 Å². The van der Waals surface area contributed by atoms with Crippen molar-refractivity contribution in [2.24, 2.45) is 7.05 Å². The molecule has 0 aromatic carbocycles. The van der Waals surface area contributed by atoms with Crippen LogP contribution >= 0.6 is 0 Å². The molecular weight excluding hydrogens is 264 g/mol. The van der Waals surface area contributed by atoms with Crippen LogP contribution in [-0.4, -0.2) is 20.8 Å². The summed E-state index contributed by atoms with van der Waals surface area (Å²) in [5.74, 6) is 1.68. The Morgan fingerprint density at radius 2 is 2.00 bits per heavy atom. The van der Waals surface area contributed by atoms with E-state index in [0.717, 1.165) is 12.2 Å². The SMILES string of the molecule is CC(C)NCc1cc(Oc2cnn(C)c2)nc(C(C)C)c1. The van der Waals surface area contributed by atoms with Crippen molar-refractivity contribution in [3.63, 3.8) is 0 Å². The second-order valence-corrected chi connectivity index (χ2v) is 5.88. The quantitative estimate of drug-likeness (QED) is 0.886. The van der Waals surface area contributed by atoms with Gasteiger partial charge < -0.3 is 10.1 Å². The zero-order valence-corrected chi connectivity index (χ0v) is 13.4. The van der Waals surface area contributed by atoms with Crippen molar-refractivity contribution in [1.29, 1.82) is 0 Å². The fourth-order valence-corrected chi connectivity index (χ4v) is 1.93. The van der Waals surface area contributed by atoms with Crippen molar-refractivity contribution in [2.45, 2.75) is 46.2 Å². The Hall–Kier alpha value is -1.88. The zero-order valence-electron chi connectivity index (χ0n) is 13.4. The van der Waals surface area contributed by atoms with Crippen LogP contribution in [0.2, 0.25) is 0 Å². The first-order chi connectivity index (χ1) is 9.94. The second-order valence-electron chi connectivity index (χ2n) is 5.88. The van der Waals surface area contributed by atoms with Gasteiger partial charge >= 0.3 is 0 Å². The maximum Gasteiger partial charge on any atom is 0.219 e. The first-order valence-corrected chi connectivity index (χ1v) is 7.34. The highest BCUT2D eigenvalue weighted by Gasteiger charge is 2.09. The van der Waals surface area contributed by atoms with Crippen molar-refractivity contribution in [1.82, 2.24) is 20.1 Å². The Balaban J connectivity index is 2.22. The molecule has 0 spiro atoms. The summed E-state index contributed by atoms with van der Waals surface area (Å²) in [5.41, 5.74) is 2.22. The van der Waals surface area contributed by atoms with Gasteiger partial charge in [0, 0.05) is 31.4 Å². The van der Waals surface area contributed by atoms with Gasteiger partial charge in [-0.25, -0.2) is 4.98 Å². The number of aryl methyl sites for hydroxylation is 1. The average molecular weight is 288 g/mol. The molecule has 0 fully saturated rings. The maximum absolute atomic E-state index is 5.82. The lowest BCUT2D eigenvalue weighted by molar-refractivity contribution is 0.457. The smallest absolute Gasteiger partial charge is 0.219 e. The Kier molecular flexibility index (Phi) is 4.96. The van der Waals surface area contributed by atoms with Crippen LogP contribution in [0.15, 0.2) is 24.5 Å². The van der Waals surface area contributed by atoms with Gasteiger partial charge in [0.25, 0.3) is 0 Å². The lowest BCUT2D eigenvalue weighted by atomic mass is 10.1. The van der Waals surface area contributed by atoms with E-state index in [1.807, 2.05) is 19.3 Å². The molecule has 5 nitrogen and oxygen atoms in total. The van der Waals surface area contributed by atoms with Crippen LogP contribution in [-0.2, 0) is 13.6 Å². The molecule has 1 N–H and O–H groups in total. The number of hydrogen-bond acceptors (Lipinski definition) is 4. The Labute approximate surface area is 126 Å². The molecule has 0 atom stereocenters. The fourth-order valence-electron chi connectivity index (χ4n) is 1.93. The third-order valence-corrected chi connectivity index (χ3v) is 3.09. The summed E-state index contributed by atoms with van der Waals surface area (Å²) >= 11 is 0. The third kappa shape index (κ3) is 4.56. The van der Waals surface area contributed by atoms with Crippen LogP contribution in [0.3, 0.4) is 0 Å². The van der Waals surface area contributed by atoms with Crippen molar-refractivity contribution in [2.75, 3.05) is 0 Å². The summed E-state index contributed by atoms with van der Waals surface area (Å²) in [6, 6.07) is 4.56. The predicted octanol–water partition coefficient (Wildman–Crippen LogP) is 3.23. The molecular formula is C16H24N4O. The minimum atomic E-state index is 0.361. The van der Waals surface area contributed by atoms with E-state index in [9.17, 15) is 0 Å². The Morgan fingerprint density at radius 1 is 1.24 bits per heavy atom. The number of rotatable bonds is 6. The van der Waals surface area contributed by atoms with Gasteiger partial charge in [-0.05, 0) is 17.5 Å². The normalized spacial score (nSPS) is 11.4. The van der Waals surface area contributed by atoms with E-state index in [4.69, 9.17) is 4.74 Å². The standard InChI is InChI=1S/C16H24N4O/c1-11(2)15-6-13(8-17-12(3)4)7-16(19-15)21-14-9-18-20(5)10-14/h6-7,9-12,17H,8H2,1-5H3. The van der Waals surface area contributed by atoms with E-state index >= 15 is 0 Å². The third-order valence-electron chi connectivity index (χ3n) is 3.09. The topological polar surface area (TPSA) is 52.0 Å². The molecule has 114 valence electrons. The molecule has 0 aliphatic rings. The van der Waals surface area contributed by atoms with Crippen LogP contribution in [0.4, 0.5) is 0 Å². The highest BCUT2D eigenvalue weighted by atomic mass is 16.5. The summed E-state index contributed by atoms with van der Waals surface area (Å²) in [7, 11) is 1.86. The van der Waals surface area contributed by atoms with Gasteiger partial charge in [-0.15, -0.1) is 0 Å². The van der Waals surface area contributed by atoms with Gasteiger partial charge in [0.2, 0.25) is 5.88 Å². The number of nitrogens with one attached hydrogen (secondary N) is 1. The van der Waals surface area contributed by atoms with E-state index < -0.39 is 0 Å². The first kappa shape index (κ1) is 15.5. The molecule has 2 aromatic rings. The summed E-state index contributed by atoms with van der Waals surface area (Å²) in [4.78, 5) is 4.58. The van der Waals surface area contributed by atoms with E-state index in [1.165, 1.54) is 5.56 Å². The number of aromatic nitrogens is 3. The molecule has 0 unspecified atom stereocenters. The first-order valence-electron chi connectivity index (χ1n) is 7.34. The van der Waals surface area contributed by atoms with Crippen molar-refractivity contribution in [3.8, 4) is 11.6 Å². The summed E-state index contributed by atoms with van der Waals surface area (Å²) in [6.45, 7) is 9.35. The zero-order chi connectivity index (χ0) is 15.4. The van der Waals surface area contributed by atoms with E-state index in [-0.39, 0.29) is 0 Å². The Bertz CT molecular complexity index is 590. The molecule has 2 heterocycles. The molecule has 2 aromatic heterocycles. The predicted molar refractivity (Wildman–Crippen MR) is 83.6 cm³/mol. The van der Waals surface area contributed by atoms with Crippen molar-refractivity contribution in [3.05, 3.63) is 35.8 Å². The number of ether oxygens (including phenoxy) is 1. The van der Waals surface area contributed by atoms with Crippen LogP contribution in [0.5, 0.6) is 11.6 Å². The molecule has 0 aliphatic carbocycles. The minimum absolute atomic E-state index is 0.361. The molecule has 2 rings (SSSR count). The molecule has 5 heteroatoms. The van der Waals surface area contributed by atoms with E-state index in [1.54, 1.807) is 10.9 Å². The maximum atomic E-state index is 5.82. The van der Waals surface area contributed by atoms with Gasteiger partial charge in [0.1, 0.15) is 0 Å². The lowest BCUT2D eigenvalue weighted by Crippen LogP contribution is -2.22. The molecule has 0 saturated heterocycles. The molecule has 0 bridgehead atoms. The number of pyridine rings is 1.